The second-order valence-electron chi connectivity index (χ2n) is 5.11. The fourth-order valence-corrected chi connectivity index (χ4v) is 2.39. The van der Waals surface area contributed by atoms with Crippen molar-refractivity contribution in [3.05, 3.63) is 57.3 Å². The Labute approximate surface area is 130 Å². The summed E-state index contributed by atoms with van der Waals surface area (Å²) in [6.45, 7) is 4.28. The van der Waals surface area contributed by atoms with Crippen molar-refractivity contribution in [2.75, 3.05) is 13.2 Å². The normalized spacial score (nSPS) is 10.7. The number of nitrogens with zero attached hydrogens (tertiary/aromatic N) is 1. The molecule has 0 bridgehead atoms. The van der Waals surface area contributed by atoms with E-state index in [2.05, 4.69) is 16.9 Å². The monoisotopic (exact) mass is 302 g/mol. The summed E-state index contributed by atoms with van der Waals surface area (Å²) in [5.74, 6) is 1.49. The SMILES string of the molecule is CCc1ccccc1OCCc1nc(C)c(CCO)c(=O)[nH]1. The molecule has 0 aliphatic carbocycles. The minimum absolute atomic E-state index is 0.0537. The van der Waals surface area contributed by atoms with Gasteiger partial charge in [0.2, 0.25) is 0 Å². The molecule has 0 aliphatic rings. The smallest absolute Gasteiger partial charge is 0.254 e. The molecule has 1 aromatic carbocycles. The molecule has 22 heavy (non-hydrogen) atoms. The molecule has 0 radical (unpaired) electrons. The first-order valence-electron chi connectivity index (χ1n) is 7.56. The minimum Gasteiger partial charge on any atom is -0.493 e. The van der Waals surface area contributed by atoms with E-state index in [0.29, 0.717) is 36.5 Å². The van der Waals surface area contributed by atoms with Crippen molar-refractivity contribution in [1.82, 2.24) is 9.97 Å². The lowest BCUT2D eigenvalue weighted by Gasteiger charge is -2.10. The molecular formula is C17H22N2O3. The van der Waals surface area contributed by atoms with E-state index in [1.165, 1.54) is 5.56 Å². The van der Waals surface area contributed by atoms with Gasteiger partial charge in [-0.2, -0.15) is 0 Å². The van der Waals surface area contributed by atoms with Gasteiger partial charge >= 0.3 is 0 Å². The Balaban J connectivity index is 2.02. The largest absolute Gasteiger partial charge is 0.493 e. The molecule has 1 aromatic heterocycles. The Kier molecular flexibility index (Phi) is 5.72. The molecule has 0 saturated heterocycles. The maximum atomic E-state index is 11.9. The lowest BCUT2D eigenvalue weighted by atomic mass is 10.1. The highest BCUT2D eigenvalue weighted by molar-refractivity contribution is 5.33. The quantitative estimate of drug-likeness (QED) is 0.818. The summed E-state index contributed by atoms with van der Waals surface area (Å²) in [5.41, 5.74) is 2.20. The van der Waals surface area contributed by atoms with Crippen LogP contribution < -0.4 is 10.3 Å². The number of H-pyrrole nitrogens is 1. The van der Waals surface area contributed by atoms with Gasteiger partial charge in [0.25, 0.3) is 5.56 Å². The third-order valence-corrected chi connectivity index (χ3v) is 3.58. The van der Waals surface area contributed by atoms with E-state index in [0.717, 1.165) is 12.2 Å². The Morgan fingerprint density at radius 3 is 2.73 bits per heavy atom. The minimum atomic E-state index is -0.175. The molecule has 2 rings (SSSR count). The van der Waals surface area contributed by atoms with Gasteiger partial charge < -0.3 is 14.8 Å². The molecule has 1 heterocycles. The second-order valence-corrected chi connectivity index (χ2v) is 5.11. The van der Waals surface area contributed by atoms with Gasteiger partial charge in [0, 0.05) is 30.7 Å². The molecule has 0 spiro atoms. The van der Waals surface area contributed by atoms with E-state index in [1.807, 2.05) is 24.3 Å². The number of rotatable bonds is 7. The lowest BCUT2D eigenvalue weighted by molar-refractivity contribution is 0.298. The van der Waals surface area contributed by atoms with Crippen LogP contribution in [0.2, 0.25) is 0 Å². The average Bonchev–Trinajstić information content (AvgIpc) is 2.51. The number of aliphatic hydroxyl groups excluding tert-OH is 1. The number of hydrogen-bond acceptors (Lipinski definition) is 4. The number of aliphatic hydroxyl groups is 1. The van der Waals surface area contributed by atoms with E-state index in [-0.39, 0.29) is 12.2 Å². The fourth-order valence-electron chi connectivity index (χ4n) is 2.39. The first kappa shape index (κ1) is 16.2. The first-order chi connectivity index (χ1) is 10.7. The summed E-state index contributed by atoms with van der Waals surface area (Å²) in [5, 5.41) is 8.95. The van der Waals surface area contributed by atoms with E-state index in [9.17, 15) is 4.79 Å². The molecule has 0 saturated carbocycles. The van der Waals surface area contributed by atoms with Crippen molar-refractivity contribution in [2.24, 2.45) is 0 Å². The number of ether oxygens (including phenoxy) is 1. The van der Waals surface area contributed by atoms with Crippen LogP contribution in [0, 0.1) is 6.92 Å². The molecule has 5 heteroatoms. The Hall–Kier alpha value is -2.14. The van der Waals surface area contributed by atoms with Gasteiger partial charge in [-0.15, -0.1) is 0 Å². The van der Waals surface area contributed by atoms with E-state index >= 15 is 0 Å². The summed E-state index contributed by atoms with van der Waals surface area (Å²) >= 11 is 0. The molecule has 0 atom stereocenters. The van der Waals surface area contributed by atoms with Gasteiger partial charge in [-0.3, -0.25) is 4.79 Å². The zero-order valence-electron chi connectivity index (χ0n) is 13.1. The Bertz CT molecular complexity index is 680. The third-order valence-electron chi connectivity index (χ3n) is 3.58. The molecule has 118 valence electrons. The number of hydrogen-bond donors (Lipinski definition) is 2. The van der Waals surface area contributed by atoms with Crippen molar-refractivity contribution in [3.8, 4) is 5.75 Å². The molecule has 0 unspecified atom stereocenters. The predicted octanol–water partition coefficient (Wildman–Crippen LogP) is 1.80. The molecule has 2 aromatic rings. The van der Waals surface area contributed by atoms with Crippen LogP contribution >= 0.6 is 0 Å². The summed E-state index contributed by atoms with van der Waals surface area (Å²) in [7, 11) is 0. The van der Waals surface area contributed by atoms with Crippen molar-refractivity contribution in [3.63, 3.8) is 0 Å². The summed E-state index contributed by atoms with van der Waals surface area (Å²) in [6, 6.07) is 7.93. The van der Waals surface area contributed by atoms with Crippen LogP contribution in [-0.2, 0) is 19.3 Å². The Morgan fingerprint density at radius 1 is 1.27 bits per heavy atom. The number of nitrogens with one attached hydrogen (secondary N) is 1. The highest BCUT2D eigenvalue weighted by Crippen LogP contribution is 2.18. The zero-order valence-corrected chi connectivity index (χ0v) is 13.1. The molecular weight excluding hydrogens is 280 g/mol. The molecule has 2 N–H and O–H groups in total. The van der Waals surface area contributed by atoms with Crippen LogP contribution in [0.4, 0.5) is 0 Å². The van der Waals surface area contributed by atoms with Gasteiger partial charge in [0.05, 0.1) is 6.61 Å². The van der Waals surface area contributed by atoms with Crippen LogP contribution in [0.3, 0.4) is 0 Å². The standard InChI is InChI=1S/C17H22N2O3/c1-3-13-6-4-5-7-15(13)22-11-9-16-18-12(2)14(8-10-20)17(21)19-16/h4-7,20H,3,8-11H2,1-2H3,(H,18,19,21). The van der Waals surface area contributed by atoms with Gasteiger partial charge in [-0.1, -0.05) is 25.1 Å². The van der Waals surface area contributed by atoms with Crippen LogP contribution in [0.25, 0.3) is 0 Å². The molecule has 5 nitrogen and oxygen atoms in total. The van der Waals surface area contributed by atoms with Crippen LogP contribution in [0.1, 0.15) is 29.6 Å². The van der Waals surface area contributed by atoms with Crippen LogP contribution in [0.15, 0.2) is 29.1 Å². The van der Waals surface area contributed by atoms with Crippen LogP contribution in [-0.4, -0.2) is 28.3 Å². The van der Waals surface area contributed by atoms with E-state index < -0.39 is 0 Å². The van der Waals surface area contributed by atoms with Crippen LogP contribution in [0.5, 0.6) is 5.75 Å². The predicted molar refractivity (Wildman–Crippen MR) is 85.4 cm³/mol. The van der Waals surface area contributed by atoms with Crippen molar-refractivity contribution >= 4 is 0 Å². The average molecular weight is 302 g/mol. The highest BCUT2D eigenvalue weighted by Gasteiger charge is 2.08. The fraction of sp³-hybridized carbons (Fsp3) is 0.412. The van der Waals surface area contributed by atoms with Gasteiger partial charge in [0.1, 0.15) is 11.6 Å². The number of aromatic nitrogens is 2. The summed E-state index contributed by atoms with van der Waals surface area (Å²) in [6.07, 6.45) is 1.78. The van der Waals surface area contributed by atoms with Gasteiger partial charge in [-0.25, -0.2) is 4.98 Å². The van der Waals surface area contributed by atoms with Crippen molar-refractivity contribution in [2.45, 2.75) is 33.1 Å². The van der Waals surface area contributed by atoms with Crippen molar-refractivity contribution in [1.29, 1.82) is 0 Å². The lowest BCUT2D eigenvalue weighted by Crippen LogP contribution is -2.21. The summed E-state index contributed by atoms with van der Waals surface area (Å²) in [4.78, 5) is 19.1. The molecule has 0 aliphatic heterocycles. The second kappa shape index (κ2) is 7.75. The molecule has 0 fully saturated rings. The summed E-state index contributed by atoms with van der Waals surface area (Å²) < 4.78 is 5.79. The zero-order chi connectivity index (χ0) is 15.9. The number of aromatic amines is 1. The number of para-hydroxylation sites is 1. The van der Waals surface area contributed by atoms with Gasteiger partial charge in [-0.05, 0) is 25.0 Å². The Morgan fingerprint density at radius 2 is 2.05 bits per heavy atom. The third kappa shape index (κ3) is 3.95. The van der Waals surface area contributed by atoms with E-state index in [4.69, 9.17) is 9.84 Å². The number of aryl methyl sites for hydroxylation is 2. The molecule has 0 amide bonds. The maximum Gasteiger partial charge on any atom is 0.254 e. The highest BCUT2D eigenvalue weighted by atomic mass is 16.5. The van der Waals surface area contributed by atoms with Crippen molar-refractivity contribution < 1.29 is 9.84 Å². The first-order valence-corrected chi connectivity index (χ1v) is 7.56. The van der Waals surface area contributed by atoms with Gasteiger partial charge in [0.15, 0.2) is 0 Å². The number of benzene rings is 1. The maximum absolute atomic E-state index is 11.9. The van der Waals surface area contributed by atoms with E-state index in [1.54, 1.807) is 6.92 Å². The topological polar surface area (TPSA) is 75.2 Å².